The molecule has 2 aromatic carbocycles. The zero-order valence-electron chi connectivity index (χ0n) is 10.6. The van der Waals surface area contributed by atoms with E-state index in [2.05, 4.69) is 10.6 Å². The average Bonchev–Trinajstić information content (AvgIpc) is 2.36. The van der Waals surface area contributed by atoms with Crippen LogP contribution < -0.4 is 10.6 Å². The van der Waals surface area contributed by atoms with E-state index in [1.807, 2.05) is 42.5 Å². The maximum atomic E-state index is 12.2. The van der Waals surface area contributed by atoms with E-state index in [0.717, 1.165) is 36.0 Å². The van der Waals surface area contributed by atoms with Gasteiger partial charge < -0.3 is 10.6 Å². The van der Waals surface area contributed by atoms with Crippen molar-refractivity contribution in [2.75, 3.05) is 19.6 Å². The number of carbonyl (C=O) groups excluding carboxylic acids is 1. The van der Waals surface area contributed by atoms with Crippen molar-refractivity contribution >= 4 is 29.1 Å². The van der Waals surface area contributed by atoms with Crippen LogP contribution in [0.2, 0.25) is 0 Å². The van der Waals surface area contributed by atoms with Crippen LogP contribution in [-0.2, 0) is 0 Å². The minimum absolute atomic E-state index is 0. The third-order valence-corrected chi connectivity index (χ3v) is 3.45. The third-order valence-electron chi connectivity index (χ3n) is 3.45. The fourth-order valence-corrected chi connectivity index (χ4v) is 2.25. The summed E-state index contributed by atoms with van der Waals surface area (Å²) in [4.78, 5) is 12.2. The van der Waals surface area contributed by atoms with Gasteiger partial charge in [-0.1, -0.05) is 36.4 Å². The molecule has 100 valence electrons. The smallest absolute Gasteiger partial charge is 0.251 e. The van der Waals surface area contributed by atoms with Gasteiger partial charge in [0.15, 0.2) is 0 Å². The Morgan fingerprint density at radius 3 is 2.63 bits per heavy atom. The fourth-order valence-electron chi connectivity index (χ4n) is 2.25. The molecule has 0 bridgehead atoms. The zero-order chi connectivity index (χ0) is 12.4. The summed E-state index contributed by atoms with van der Waals surface area (Å²) in [6.07, 6.45) is 0. The van der Waals surface area contributed by atoms with Crippen LogP contribution in [0.15, 0.2) is 42.5 Å². The molecule has 2 aromatic rings. The number of fused-ring (bicyclic) bond motifs is 1. The van der Waals surface area contributed by atoms with Crippen molar-refractivity contribution in [3.05, 3.63) is 48.0 Å². The Bertz CT molecular complexity index is 576. The Hall–Kier alpha value is -1.58. The van der Waals surface area contributed by atoms with Gasteiger partial charge in [-0.15, -0.1) is 12.4 Å². The summed E-state index contributed by atoms with van der Waals surface area (Å²) >= 11 is 0. The Kier molecular flexibility index (Phi) is 4.40. The van der Waals surface area contributed by atoms with Gasteiger partial charge in [0, 0.05) is 31.1 Å². The topological polar surface area (TPSA) is 41.1 Å². The van der Waals surface area contributed by atoms with Gasteiger partial charge in [0.2, 0.25) is 0 Å². The molecule has 1 aliphatic heterocycles. The Morgan fingerprint density at radius 2 is 1.89 bits per heavy atom. The predicted molar refractivity (Wildman–Crippen MR) is 79.9 cm³/mol. The number of halogens is 1. The first-order chi connectivity index (χ1) is 8.84. The quantitative estimate of drug-likeness (QED) is 0.902. The van der Waals surface area contributed by atoms with Crippen LogP contribution in [0.1, 0.15) is 10.4 Å². The molecule has 0 atom stereocenters. The van der Waals surface area contributed by atoms with E-state index in [-0.39, 0.29) is 18.3 Å². The third kappa shape index (κ3) is 2.88. The summed E-state index contributed by atoms with van der Waals surface area (Å²) in [5.74, 6) is 0.614. The van der Waals surface area contributed by atoms with Gasteiger partial charge in [0.1, 0.15) is 0 Å². The Morgan fingerprint density at radius 1 is 1.16 bits per heavy atom. The molecular weight excluding hydrogens is 260 g/mol. The van der Waals surface area contributed by atoms with Crippen molar-refractivity contribution in [2.45, 2.75) is 0 Å². The first-order valence-electron chi connectivity index (χ1n) is 6.31. The SMILES string of the molecule is Cl.O=C(NCC1CNC1)c1cccc2ccccc12. The van der Waals surface area contributed by atoms with Gasteiger partial charge in [-0.05, 0) is 16.8 Å². The second kappa shape index (κ2) is 6.04. The van der Waals surface area contributed by atoms with Crippen LogP contribution >= 0.6 is 12.4 Å². The molecule has 19 heavy (non-hydrogen) atoms. The van der Waals surface area contributed by atoms with Crippen LogP contribution in [0.25, 0.3) is 10.8 Å². The van der Waals surface area contributed by atoms with Crippen LogP contribution in [0, 0.1) is 5.92 Å². The minimum atomic E-state index is 0. The van der Waals surface area contributed by atoms with E-state index in [4.69, 9.17) is 0 Å². The molecule has 0 aromatic heterocycles. The minimum Gasteiger partial charge on any atom is -0.352 e. The highest BCUT2D eigenvalue weighted by atomic mass is 35.5. The summed E-state index contributed by atoms with van der Waals surface area (Å²) in [5, 5.41) is 8.34. The number of hydrogen-bond donors (Lipinski definition) is 2. The molecule has 0 saturated carbocycles. The molecule has 1 heterocycles. The highest BCUT2D eigenvalue weighted by Crippen LogP contribution is 2.18. The van der Waals surface area contributed by atoms with Gasteiger partial charge >= 0.3 is 0 Å². The average molecular weight is 277 g/mol. The van der Waals surface area contributed by atoms with Crippen LogP contribution in [-0.4, -0.2) is 25.5 Å². The molecule has 0 spiro atoms. The van der Waals surface area contributed by atoms with Crippen molar-refractivity contribution in [1.82, 2.24) is 10.6 Å². The lowest BCUT2D eigenvalue weighted by Crippen LogP contribution is -2.48. The maximum absolute atomic E-state index is 12.2. The maximum Gasteiger partial charge on any atom is 0.251 e. The summed E-state index contributed by atoms with van der Waals surface area (Å²) in [6, 6.07) is 13.8. The van der Waals surface area contributed by atoms with E-state index in [1.54, 1.807) is 0 Å². The van der Waals surface area contributed by atoms with Crippen molar-refractivity contribution in [3.8, 4) is 0 Å². The first-order valence-corrected chi connectivity index (χ1v) is 6.31. The lowest BCUT2D eigenvalue weighted by atomic mass is 10.0. The summed E-state index contributed by atoms with van der Waals surface area (Å²) in [6.45, 7) is 2.78. The van der Waals surface area contributed by atoms with Crippen LogP contribution in [0.3, 0.4) is 0 Å². The molecule has 1 saturated heterocycles. The summed E-state index contributed by atoms with van der Waals surface area (Å²) < 4.78 is 0. The van der Waals surface area contributed by atoms with Crippen LogP contribution in [0.4, 0.5) is 0 Å². The van der Waals surface area contributed by atoms with Crippen molar-refractivity contribution in [2.24, 2.45) is 5.92 Å². The van der Waals surface area contributed by atoms with E-state index < -0.39 is 0 Å². The molecule has 3 nitrogen and oxygen atoms in total. The zero-order valence-corrected chi connectivity index (χ0v) is 11.4. The van der Waals surface area contributed by atoms with Gasteiger partial charge in [-0.3, -0.25) is 4.79 Å². The number of carbonyl (C=O) groups is 1. The normalized spacial score (nSPS) is 14.5. The standard InChI is InChI=1S/C15H16N2O.ClH/c18-15(17-10-11-8-16-9-11)14-7-3-5-12-4-1-2-6-13(12)14;/h1-7,11,16H,8-10H2,(H,17,18);1H. The van der Waals surface area contributed by atoms with E-state index >= 15 is 0 Å². The van der Waals surface area contributed by atoms with E-state index in [9.17, 15) is 4.79 Å². The van der Waals surface area contributed by atoms with Crippen LogP contribution in [0.5, 0.6) is 0 Å². The largest absolute Gasteiger partial charge is 0.352 e. The molecule has 2 N–H and O–H groups in total. The molecular formula is C15H17ClN2O. The highest BCUT2D eigenvalue weighted by Gasteiger charge is 2.18. The molecule has 0 unspecified atom stereocenters. The molecule has 4 heteroatoms. The molecule has 0 aliphatic carbocycles. The molecule has 1 aliphatic rings. The molecule has 1 amide bonds. The van der Waals surface area contributed by atoms with Crippen molar-refractivity contribution < 1.29 is 4.79 Å². The summed E-state index contributed by atoms with van der Waals surface area (Å²) in [7, 11) is 0. The van der Waals surface area contributed by atoms with Crippen molar-refractivity contribution in [3.63, 3.8) is 0 Å². The highest BCUT2D eigenvalue weighted by molar-refractivity contribution is 6.06. The number of hydrogen-bond acceptors (Lipinski definition) is 2. The summed E-state index contributed by atoms with van der Waals surface area (Å²) in [5.41, 5.74) is 0.764. The van der Waals surface area contributed by atoms with E-state index in [0.29, 0.717) is 5.92 Å². The van der Waals surface area contributed by atoms with Gasteiger partial charge in [-0.2, -0.15) is 0 Å². The first kappa shape index (κ1) is 13.8. The van der Waals surface area contributed by atoms with E-state index in [1.165, 1.54) is 0 Å². The van der Waals surface area contributed by atoms with Crippen molar-refractivity contribution in [1.29, 1.82) is 0 Å². The lowest BCUT2D eigenvalue weighted by Gasteiger charge is -2.27. The van der Waals surface area contributed by atoms with Gasteiger partial charge in [0.05, 0.1) is 0 Å². The number of amides is 1. The predicted octanol–water partition coefficient (Wildman–Crippen LogP) is 2.21. The number of benzene rings is 2. The second-order valence-electron chi connectivity index (χ2n) is 4.76. The second-order valence-corrected chi connectivity index (χ2v) is 4.76. The Balaban J connectivity index is 0.00000133. The fraction of sp³-hybridized carbons (Fsp3) is 0.267. The Labute approximate surface area is 118 Å². The van der Waals surface area contributed by atoms with Gasteiger partial charge in [-0.25, -0.2) is 0 Å². The monoisotopic (exact) mass is 276 g/mol. The molecule has 3 rings (SSSR count). The van der Waals surface area contributed by atoms with Gasteiger partial charge in [0.25, 0.3) is 5.91 Å². The molecule has 1 fully saturated rings. The lowest BCUT2D eigenvalue weighted by molar-refractivity contribution is 0.0944. The number of nitrogens with one attached hydrogen (secondary N) is 2. The number of rotatable bonds is 3. The molecule has 0 radical (unpaired) electrons.